The third-order valence-corrected chi connectivity index (χ3v) is 4.84. The number of hydrogen-bond acceptors (Lipinski definition) is 7. The molecule has 0 amide bonds. The number of nitrogen functional groups attached to an aromatic ring is 1. The van der Waals surface area contributed by atoms with Gasteiger partial charge in [-0.15, -0.1) is 11.3 Å². The van der Waals surface area contributed by atoms with Crippen LogP contribution in [0.1, 0.15) is 18.9 Å². The van der Waals surface area contributed by atoms with Crippen LogP contribution in [0.2, 0.25) is 0 Å². The highest BCUT2D eigenvalue weighted by atomic mass is 32.1. The predicted molar refractivity (Wildman–Crippen MR) is 93.2 cm³/mol. The number of thiazole rings is 1. The molecule has 116 valence electrons. The van der Waals surface area contributed by atoms with Crippen LogP contribution in [0.4, 0.5) is 10.8 Å². The zero-order valence-corrected chi connectivity index (χ0v) is 14.8. The molecule has 3 N–H and O–H groups in total. The van der Waals surface area contributed by atoms with Crippen LogP contribution in [-0.2, 0) is 0 Å². The molecule has 1 unspecified atom stereocenters. The van der Waals surface area contributed by atoms with Gasteiger partial charge in [0.2, 0.25) is 0 Å². The van der Waals surface area contributed by atoms with Gasteiger partial charge in [-0.2, -0.15) is 4.37 Å². The molecule has 2 aromatic rings. The average molecular weight is 326 g/mol. The topological polar surface area (TPSA) is 67.1 Å². The minimum absolute atomic E-state index is 0.346. The van der Waals surface area contributed by atoms with E-state index in [1.165, 1.54) is 11.5 Å². The summed E-state index contributed by atoms with van der Waals surface area (Å²) in [5.41, 5.74) is 7.90. The summed E-state index contributed by atoms with van der Waals surface area (Å²) < 4.78 is 4.30. The van der Waals surface area contributed by atoms with Crippen molar-refractivity contribution in [3.05, 3.63) is 10.4 Å². The fourth-order valence-corrected chi connectivity index (χ4v) is 3.50. The summed E-state index contributed by atoms with van der Waals surface area (Å²) in [7, 11) is 4.17. The van der Waals surface area contributed by atoms with Crippen molar-refractivity contribution >= 4 is 33.7 Å². The lowest BCUT2D eigenvalue weighted by Crippen LogP contribution is -2.36. The molecular formula is C14H23N5S2. The summed E-state index contributed by atoms with van der Waals surface area (Å²) in [5.74, 6) is 1.07. The second-order valence-electron chi connectivity index (χ2n) is 5.78. The van der Waals surface area contributed by atoms with Crippen molar-refractivity contribution in [2.45, 2.75) is 26.8 Å². The van der Waals surface area contributed by atoms with Gasteiger partial charge in [0.15, 0.2) is 0 Å². The summed E-state index contributed by atoms with van der Waals surface area (Å²) in [6, 6.07) is 0.346. The van der Waals surface area contributed by atoms with Crippen LogP contribution in [0.5, 0.6) is 0 Å². The maximum Gasteiger partial charge on any atom is 0.148 e. The van der Waals surface area contributed by atoms with Crippen molar-refractivity contribution in [2.24, 2.45) is 5.92 Å². The monoisotopic (exact) mass is 325 g/mol. The molecule has 1 atom stereocenters. The van der Waals surface area contributed by atoms with E-state index in [4.69, 9.17) is 5.73 Å². The molecule has 2 rings (SSSR count). The summed E-state index contributed by atoms with van der Waals surface area (Å²) in [6.45, 7) is 7.40. The van der Waals surface area contributed by atoms with Gasteiger partial charge in [0.1, 0.15) is 10.8 Å². The lowest BCUT2D eigenvalue weighted by Gasteiger charge is -2.26. The second kappa shape index (κ2) is 6.72. The summed E-state index contributed by atoms with van der Waals surface area (Å²) in [5, 5.41) is 7.69. The first-order valence-electron chi connectivity index (χ1n) is 6.97. The average Bonchev–Trinajstić information content (AvgIpc) is 2.94. The van der Waals surface area contributed by atoms with Gasteiger partial charge >= 0.3 is 0 Å². The minimum Gasteiger partial charge on any atom is -0.382 e. The van der Waals surface area contributed by atoms with Crippen molar-refractivity contribution in [1.29, 1.82) is 0 Å². The first-order chi connectivity index (χ1) is 9.88. The van der Waals surface area contributed by atoms with Gasteiger partial charge in [0.05, 0.1) is 16.3 Å². The highest BCUT2D eigenvalue weighted by molar-refractivity contribution is 7.11. The number of aromatic nitrogens is 2. The van der Waals surface area contributed by atoms with Gasteiger partial charge in [-0.1, -0.05) is 13.8 Å². The van der Waals surface area contributed by atoms with Crippen molar-refractivity contribution in [2.75, 3.05) is 31.7 Å². The Kier molecular flexibility index (Phi) is 5.18. The molecule has 0 radical (unpaired) electrons. The largest absolute Gasteiger partial charge is 0.382 e. The highest BCUT2D eigenvalue weighted by Crippen LogP contribution is 2.37. The Labute approximate surface area is 134 Å². The lowest BCUT2D eigenvalue weighted by molar-refractivity contribution is 0.345. The SMILES string of the molecule is Cc1nc(-c2c(N)nsc2NC(CN(C)C)C(C)C)cs1. The Balaban J connectivity index is 2.28. The third-order valence-electron chi connectivity index (χ3n) is 3.28. The first-order valence-corrected chi connectivity index (χ1v) is 8.62. The van der Waals surface area contributed by atoms with E-state index in [1.807, 2.05) is 12.3 Å². The number of hydrogen-bond donors (Lipinski definition) is 2. The van der Waals surface area contributed by atoms with E-state index in [0.717, 1.165) is 27.8 Å². The smallest absolute Gasteiger partial charge is 0.148 e. The summed E-state index contributed by atoms with van der Waals surface area (Å²) in [6.07, 6.45) is 0. The quantitative estimate of drug-likeness (QED) is 0.854. The molecule has 2 aromatic heterocycles. The molecule has 0 bridgehead atoms. The molecule has 7 heteroatoms. The number of nitrogens with two attached hydrogens (primary N) is 1. The van der Waals surface area contributed by atoms with E-state index in [1.54, 1.807) is 11.3 Å². The molecule has 0 aromatic carbocycles. The Hall–Kier alpha value is -1.18. The Morgan fingerprint density at radius 3 is 2.62 bits per heavy atom. The molecule has 0 saturated heterocycles. The number of nitrogens with zero attached hydrogens (tertiary/aromatic N) is 3. The minimum atomic E-state index is 0.346. The van der Waals surface area contributed by atoms with E-state index in [2.05, 4.69) is 47.5 Å². The maximum atomic E-state index is 6.05. The number of nitrogens with one attached hydrogen (secondary N) is 1. The van der Waals surface area contributed by atoms with Gasteiger partial charge in [0.25, 0.3) is 0 Å². The van der Waals surface area contributed by atoms with Crippen molar-refractivity contribution in [3.8, 4) is 11.3 Å². The number of rotatable bonds is 6. The van der Waals surface area contributed by atoms with Gasteiger partial charge in [-0.25, -0.2) is 4.98 Å². The zero-order valence-electron chi connectivity index (χ0n) is 13.2. The van der Waals surface area contributed by atoms with Crippen LogP contribution in [0.15, 0.2) is 5.38 Å². The Bertz CT molecular complexity index is 588. The van der Waals surface area contributed by atoms with Gasteiger partial charge < -0.3 is 16.0 Å². The molecule has 5 nitrogen and oxygen atoms in total. The van der Waals surface area contributed by atoms with E-state index >= 15 is 0 Å². The van der Waals surface area contributed by atoms with Crippen LogP contribution in [0, 0.1) is 12.8 Å². The summed E-state index contributed by atoms with van der Waals surface area (Å²) in [4.78, 5) is 6.73. The fraction of sp³-hybridized carbons (Fsp3) is 0.571. The second-order valence-corrected chi connectivity index (χ2v) is 7.62. The highest BCUT2D eigenvalue weighted by Gasteiger charge is 2.21. The Morgan fingerprint density at radius 1 is 1.38 bits per heavy atom. The molecule has 0 aliphatic rings. The molecule has 0 aliphatic carbocycles. The lowest BCUT2D eigenvalue weighted by atomic mass is 10.0. The van der Waals surface area contributed by atoms with E-state index in [9.17, 15) is 0 Å². The molecule has 0 saturated carbocycles. The standard InChI is InChI=1S/C14H23N5S2/c1-8(2)10(6-19(4)5)17-14-12(13(15)18-21-14)11-7-20-9(3)16-11/h7-8,10,17H,6H2,1-5H3,(H2,15,18). The zero-order chi connectivity index (χ0) is 15.6. The van der Waals surface area contributed by atoms with Gasteiger partial charge in [-0.05, 0) is 38.5 Å². The normalized spacial score (nSPS) is 13.1. The van der Waals surface area contributed by atoms with Crippen LogP contribution in [0.3, 0.4) is 0 Å². The number of likely N-dealkylation sites (N-methyl/N-ethyl adjacent to an activating group) is 1. The predicted octanol–water partition coefficient (Wildman–Crippen LogP) is 3.16. The molecule has 2 heterocycles. The maximum absolute atomic E-state index is 6.05. The molecule has 0 aliphatic heterocycles. The van der Waals surface area contributed by atoms with Crippen LogP contribution < -0.4 is 11.1 Å². The fourth-order valence-electron chi connectivity index (χ4n) is 2.11. The molecular weight excluding hydrogens is 302 g/mol. The van der Waals surface area contributed by atoms with Crippen molar-refractivity contribution < 1.29 is 0 Å². The molecule has 21 heavy (non-hydrogen) atoms. The number of anilines is 2. The Morgan fingerprint density at radius 2 is 2.10 bits per heavy atom. The van der Waals surface area contributed by atoms with E-state index in [-0.39, 0.29) is 0 Å². The van der Waals surface area contributed by atoms with E-state index < -0.39 is 0 Å². The molecule has 0 spiro atoms. The molecule has 0 fully saturated rings. The third kappa shape index (κ3) is 3.93. The van der Waals surface area contributed by atoms with Crippen LogP contribution in [0.25, 0.3) is 11.3 Å². The number of aryl methyl sites for hydroxylation is 1. The van der Waals surface area contributed by atoms with Crippen molar-refractivity contribution in [3.63, 3.8) is 0 Å². The summed E-state index contributed by atoms with van der Waals surface area (Å²) >= 11 is 3.04. The van der Waals surface area contributed by atoms with Gasteiger partial charge in [-0.3, -0.25) is 0 Å². The van der Waals surface area contributed by atoms with E-state index in [0.29, 0.717) is 17.8 Å². The van der Waals surface area contributed by atoms with Crippen molar-refractivity contribution in [1.82, 2.24) is 14.3 Å². The van der Waals surface area contributed by atoms with Gasteiger partial charge in [0, 0.05) is 18.0 Å². The first kappa shape index (κ1) is 16.2. The van der Waals surface area contributed by atoms with Crippen LogP contribution in [-0.4, -0.2) is 40.9 Å². The van der Waals surface area contributed by atoms with Crippen LogP contribution >= 0.6 is 22.9 Å².